The molecule has 3 aromatic rings. The van der Waals surface area contributed by atoms with Crippen molar-refractivity contribution in [2.75, 3.05) is 5.73 Å². The molecule has 0 aliphatic heterocycles. The Morgan fingerprint density at radius 2 is 2.11 bits per heavy atom. The summed E-state index contributed by atoms with van der Waals surface area (Å²) in [7, 11) is 1.80. The van der Waals surface area contributed by atoms with Crippen molar-refractivity contribution < 1.29 is 4.39 Å². The van der Waals surface area contributed by atoms with Crippen LogP contribution in [0.5, 0.6) is 0 Å². The summed E-state index contributed by atoms with van der Waals surface area (Å²) in [5.41, 5.74) is 8.72. The molecule has 0 spiro atoms. The quantitative estimate of drug-likeness (QED) is 0.744. The van der Waals surface area contributed by atoms with Gasteiger partial charge in [-0.1, -0.05) is 11.6 Å². The number of aryl methyl sites for hydroxylation is 2. The fourth-order valence-electron chi connectivity index (χ4n) is 2.19. The highest BCUT2D eigenvalue weighted by Gasteiger charge is 2.18. The van der Waals surface area contributed by atoms with Gasteiger partial charge in [0, 0.05) is 7.05 Å². The Hall–Kier alpha value is -2.08. The zero-order valence-electron chi connectivity index (χ0n) is 10.4. The lowest BCUT2D eigenvalue weighted by molar-refractivity contribution is 0.627. The number of rotatable bonds is 1. The number of anilines is 1. The number of hydrogen-bond donors (Lipinski definition) is 1. The van der Waals surface area contributed by atoms with Crippen LogP contribution in [0.4, 0.5) is 10.3 Å². The third-order valence-electron chi connectivity index (χ3n) is 2.98. The SMILES string of the molecule is Cc1nn(C)c2c1nc(N)n2-c1ccc(F)cc1Cl. The normalized spacial score (nSPS) is 11.4. The summed E-state index contributed by atoms with van der Waals surface area (Å²) in [6, 6.07) is 4.14. The molecule has 0 saturated carbocycles. The fourth-order valence-corrected chi connectivity index (χ4v) is 2.44. The summed E-state index contributed by atoms with van der Waals surface area (Å²) in [6.07, 6.45) is 0. The molecule has 2 heterocycles. The topological polar surface area (TPSA) is 61.7 Å². The van der Waals surface area contributed by atoms with Crippen molar-refractivity contribution in [1.82, 2.24) is 19.3 Å². The number of hydrogen-bond acceptors (Lipinski definition) is 3. The molecule has 1 aromatic carbocycles. The van der Waals surface area contributed by atoms with Crippen molar-refractivity contribution >= 4 is 28.7 Å². The highest BCUT2D eigenvalue weighted by atomic mass is 35.5. The number of nitrogens with two attached hydrogens (primary N) is 1. The van der Waals surface area contributed by atoms with Gasteiger partial charge in [0.15, 0.2) is 5.65 Å². The van der Waals surface area contributed by atoms with E-state index >= 15 is 0 Å². The third kappa shape index (κ3) is 1.67. The van der Waals surface area contributed by atoms with Crippen molar-refractivity contribution in [3.63, 3.8) is 0 Å². The fraction of sp³-hybridized carbons (Fsp3) is 0.167. The van der Waals surface area contributed by atoms with E-state index in [1.165, 1.54) is 12.1 Å². The second-order valence-corrected chi connectivity index (χ2v) is 4.69. The Labute approximate surface area is 113 Å². The van der Waals surface area contributed by atoms with E-state index in [0.717, 1.165) is 11.3 Å². The van der Waals surface area contributed by atoms with Gasteiger partial charge in [0.1, 0.15) is 11.3 Å². The Balaban J connectivity index is 2.38. The summed E-state index contributed by atoms with van der Waals surface area (Å²) >= 11 is 6.08. The molecule has 0 fully saturated rings. The van der Waals surface area contributed by atoms with Gasteiger partial charge in [-0.15, -0.1) is 0 Å². The molecule has 0 aliphatic carbocycles. The maximum absolute atomic E-state index is 13.1. The minimum atomic E-state index is -0.398. The van der Waals surface area contributed by atoms with E-state index in [9.17, 15) is 4.39 Å². The number of nitrogen functional groups attached to an aromatic ring is 1. The van der Waals surface area contributed by atoms with Crippen LogP contribution in [0.1, 0.15) is 5.69 Å². The average Bonchev–Trinajstić information content (AvgIpc) is 2.79. The molecule has 98 valence electrons. The minimum absolute atomic E-state index is 0.268. The molecule has 0 aliphatic rings. The van der Waals surface area contributed by atoms with Gasteiger partial charge in [0.2, 0.25) is 5.95 Å². The van der Waals surface area contributed by atoms with Gasteiger partial charge >= 0.3 is 0 Å². The number of halogens is 2. The number of fused-ring (bicyclic) bond motifs is 1. The van der Waals surface area contributed by atoms with E-state index in [0.29, 0.717) is 17.2 Å². The van der Waals surface area contributed by atoms with Gasteiger partial charge in [0.05, 0.1) is 16.4 Å². The van der Waals surface area contributed by atoms with Crippen LogP contribution in [-0.4, -0.2) is 19.3 Å². The zero-order chi connectivity index (χ0) is 13.7. The lowest BCUT2D eigenvalue weighted by Crippen LogP contribution is -2.05. The predicted molar refractivity (Wildman–Crippen MR) is 72.0 cm³/mol. The molecule has 0 bridgehead atoms. The Morgan fingerprint density at radius 3 is 2.79 bits per heavy atom. The highest BCUT2D eigenvalue weighted by Crippen LogP contribution is 2.29. The predicted octanol–water partition coefficient (Wildman–Crippen LogP) is 2.44. The van der Waals surface area contributed by atoms with Crippen LogP contribution in [0, 0.1) is 12.7 Å². The minimum Gasteiger partial charge on any atom is -0.369 e. The molecule has 19 heavy (non-hydrogen) atoms. The van der Waals surface area contributed by atoms with Crippen molar-refractivity contribution in [2.45, 2.75) is 6.92 Å². The van der Waals surface area contributed by atoms with Crippen LogP contribution in [0.3, 0.4) is 0 Å². The summed E-state index contributed by atoms with van der Waals surface area (Å²) in [4.78, 5) is 4.28. The van der Waals surface area contributed by atoms with E-state index in [2.05, 4.69) is 10.1 Å². The van der Waals surface area contributed by atoms with Crippen LogP contribution in [-0.2, 0) is 7.05 Å². The summed E-state index contributed by atoms with van der Waals surface area (Å²) < 4.78 is 16.5. The Morgan fingerprint density at radius 1 is 1.37 bits per heavy atom. The van der Waals surface area contributed by atoms with Crippen LogP contribution >= 0.6 is 11.6 Å². The van der Waals surface area contributed by atoms with Crippen LogP contribution in [0.25, 0.3) is 16.9 Å². The second-order valence-electron chi connectivity index (χ2n) is 4.28. The molecule has 7 heteroatoms. The first kappa shape index (κ1) is 12.0. The zero-order valence-corrected chi connectivity index (χ0v) is 11.1. The molecule has 2 aromatic heterocycles. The number of aromatic nitrogens is 4. The van der Waals surface area contributed by atoms with E-state index in [1.54, 1.807) is 22.4 Å². The van der Waals surface area contributed by atoms with Crippen LogP contribution in [0.15, 0.2) is 18.2 Å². The number of benzene rings is 1. The summed E-state index contributed by atoms with van der Waals surface area (Å²) in [5.74, 6) is -0.107. The first-order valence-corrected chi connectivity index (χ1v) is 6.00. The van der Waals surface area contributed by atoms with Gasteiger partial charge in [-0.3, -0.25) is 4.57 Å². The van der Waals surface area contributed by atoms with Gasteiger partial charge < -0.3 is 5.73 Å². The Kier molecular flexibility index (Phi) is 2.50. The summed E-state index contributed by atoms with van der Waals surface area (Å²) in [6.45, 7) is 1.85. The van der Waals surface area contributed by atoms with E-state index in [1.807, 2.05) is 6.92 Å². The lowest BCUT2D eigenvalue weighted by atomic mass is 10.3. The lowest BCUT2D eigenvalue weighted by Gasteiger charge is -2.08. The standard InChI is InChI=1S/C12H11ClFN5/c1-6-10-11(18(2)17-6)19(12(15)16-10)9-4-3-7(14)5-8(9)13/h3-5H,1-2H3,(H2,15,16). The smallest absolute Gasteiger partial charge is 0.207 e. The largest absolute Gasteiger partial charge is 0.369 e. The second kappa shape index (κ2) is 3.96. The third-order valence-corrected chi connectivity index (χ3v) is 3.28. The van der Waals surface area contributed by atoms with Gasteiger partial charge in [-0.2, -0.15) is 5.10 Å². The molecule has 0 unspecified atom stereocenters. The van der Waals surface area contributed by atoms with Crippen molar-refractivity contribution in [2.24, 2.45) is 7.05 Å². The average molecular weight is 280 g/mol. The van der Waals surface area contributed by atoms with Gasteiger partial charge in [-0.25, -0.2) is 14.1 Å². The maximum atomic E-state index is 13.1. The summed E-state index contributed by atoms with van der Waals surface area (Å²) in [5, 5.41) is 4.55. The van der Waals surface area contributed by atoms with Crippen molar-refractivity contribution in [1.29, 1.82) is 0 Å². The number of imidazole rings is 1. The molecular weight excluding hydrogens is 269 g/mol. The van der Waals surface area contributed by atoms with E-state index in [4.69, 9.17) is 17.3 Å². The number of nitrogens with zero attached hydrogens (tertiary/aromatic N) is 4. The molecule has 5 nitrogen and oxygen atoms in total. The monoisotopic (exact) mass is 279 g/mol. The molecule has 2 N–H and O–H groups in total. The molecule has 0 saturated heterocycles. The van der Waals surface area contributed by atoms with Gasteiger partial charge in [-0.05, 0) is 25.1 Å². The van der Waals surface area contributed by atoms with E-state index < -0.39 is 5.82 Å². The van der Waals surface area contributed by atoms with E-state index in [-0.39, 0.29) is 5.02 Å². The molecule has 0 radical (unpaired) electrons. The molecule has 0 atom stereocenters. The van der Waals surface area contributed by atoms with Crippen LogP contribution in [0.2, 0.25) is 5.02 Å². The molecule has 3 rings (SSSR count). The van der Waals surface area contributed by atoms with Crippen molar-refractivity contribution in [3.05, 3.63) is 34.7 Å². The van der Waals surface area contributed by atoms with Crippen LogP contribution < -0.4 is 5.73 Å². The van der Waals surface area contributed by atoms with Crippen molar-refractivity contribution in [3.8, 4) is 5.69 Å². The molecular formula is C12H11ClFN5. The Bertz CT molecular complexity index is 789. The van der Waals surface area contributed by atoms with Gasteiger partial charge in [0.25, 0.3) is 0 Å². The highest BCUT2D eigenvalue weighted by molar-refractivity contribution is 6.32. The first-order valence-electron chi connectivity index (χ1n) is 5.62. The first-order chi connectivity index (χ1) is 8.99. The maximum Gasteiger partial charge on any atom is 0.207 e. The molecule has 0 amide bonds.